The third-order valence-corrected chi connectivity index (χ3v) is 3.66. The molecule has 0 radical (unpaired) electrons. The lowest BCUT2D eigenvalue weighted by Gasteiger charge is -2.33. The van der Waals surface area contributed by atoms with Crippen molar-refractivity contribution < 1.29 is 18.3 Å². The van der Waals surface area contributed by atoms with E-state index in [0.29, 0.717) is 25.5 Å². The van der Waals surface area contributed by atoms with Gasteiger partial charge in [-0.05, 0) is 0 Å². The van der Waals surface area contributed by atoms with Crippen LogP contribution in [0.2, 0.25) is 0 Å². The zero-order valence-electron chi connectivity index (χ0n) is 10.1. The second kappa shape index (κ2) is 4.43. The highest BCUT2D eigenvalue weighted by Gasteiger charge is 2.41. The van der Waals surface area contributed by atoms with Gasteiger partial charge in [-0.15, -0.1) is 10.2 Å². The molecule has 2 aliphatic heterocycles. The van der Waals surface area contributed by atoms with E-state index in [0.717, 1.165) is 4.57 Å². The number of β-amino-alcohol motifs (C(OH)–C–C–N with tert-alkyl or cyclic N) is 1. The van der Waals surface area contributed by atoms with Gasteiger partial charge in [0, 0.05) is 32.2 Å². The van der Waals surface area contributed by atoms with Gasteiger partial charge in [-0.2, -0.15) is 13.2 Å². The van der Waals surface area contributed by atoms with Crippen molar-refractivity contribution >= 4 is 0 Å². The molecule has 2 atom stereocenters. The molecule has 19 heavy (non-hydrogen) atoms. The zero-order chi connectivity index (χ0) is 13.6. The van der Waals surface area contributed by atoms with Crippen molar-refractivity contribution in [1.82, 2.24) is 25.0 Å². The third-order valence-electron chi connectivity index (χ3n) is 3.66. The van der Waals surface area contributed by atoms with Crippen molar-refractivity contribution in [2.45, 2.75) is 31.4 Å². The first kappa shape index (κ1) is 12.8. The number of hydrogen-bond acceptors (Lipinski definition) is 5. The molecule has 1 saturated heterocycles. The average Bonchev–Trinajstić information content (AvgIpc) is 2.92. The molecule has 106 valence electrons. The van der Waals surface area contributed by atoms with Gasteiger partial charge in [0.05, 0.1) is 12.6 Å². The number of aliphatic hydroxyl groups excluding tert-OH is 1. The molecule has 0 aliphatic carbocycles. The Bertz CT molecular complexity index is 474. The Kier molecular flexibility index (Phi) is 2.99. The van der Waals surface area contributed by atoms with E-state index >= 15 is 0 Å². The first-order chi connectivity index (χ1) is 8.97. The van der Waals surface area contributed by atoms with Crippen LogP contribution in [0.15, 0.2) is 0 Å². The molecule has 0 spiro atoms. The molecule has 1 aromatic rings. The highest BCUT2D eigenvalue weighted by molar-refractivity contribution is 5.04. The molecule has 6 nitrogen and oxygen atoms in total. The summed E-state index contributed by atoms with van der Waals surface area (Å²) < 4.78 is 39.2. The summed E-state index contributed by atoms with van der Waals surface area (Å²) in [6, 6.07) is -0.0696. The standard InChI is InChI=1S/C10H14F3N5O/c11-10(12,13)9-16-15-8-5-17(1-2-18(8)9)6-3-14-4-7(6)19/h6-7,14,19H,1-5H2. The molecule has 1 aromatic heterocycles. The summed E-state index contributed by atoms with van der Waals surface area (Å²) in [5, 5.41) is 19.7. The van der Waals surface area contributed by atoms with Crippen molar-refractivity contribution in [3.63, 3.8) is 0 Å². The van der Waals surface area contributed by atoms with E-state index in [1.807, 2.05) is 4.90 Å². The normalized spacial score (nSPS) is 28.6. The molecule has 0 bridgehead atoms. The van der Waals surface area contributed by atoms with E-state index in [4.69, 9.17) is 0 Å². The molecule has 2 N–H and O–H groups in total. The Morgan fingerprint density at radius 1 is 1.21 bits per heavy atom. The van der Waals surface area contributed by atoms with Crippen LogP contribution in [0, 0.1) is 0 Å². The van der Waals surface area contributed by atoms with Gasteiger partial charge >= 0.3 is 6.18 Å². The summed E-state index contributed by atoms with van der Waals surface area (Å²) in [6.07, 6.45) is -4.96. The number of nitrogens with one attached hydrogen (secondary N) is 1. The lowest BCUT2D eigenvalue weighted by atomic mass is 10.1. The van der Waals surface area contributed by atoms with Crippen LogP contribution in [0.3, 0.4) is 0 Å². The maximum atomic E-state index is 12.7. The van der Waals surface area contributed by atoms with Crippen molar-refractivity contribution in [2.24, 2.45) is 0 Å². The number of rotatable bonds is 1. The molecule has 0 amide bonds. The molecule has 0 saturated carbocycles. The first-order valence-electron chi connectivity index (χ1n) is 6.09. The van der Waals surface area contributed by atoms with Crippen molar-refractivity contribution in [2.75, 3.05) is 19.6 Å². The van der Waals surface area contributed by atoms with E-state index in [1.165, 1.54) is 0 Å². The summed E-state index contributed by atoms with van der Waals surface area (Å²) in [5.41, 5.74) is 0. The van der Waals surface area contributed by atoms with Crippen molar-refractivity contribution in [3.05, 3.63) is 11.6 Å². The minimum atomic E-state index is -4.47. The predicted molar refractivity (Wildman–Crippen MR) is 58.1 cm³/mol. The smallest absolute Gasteiger partial charge is 0.390 e. The number of fused-ring (bicyclic) bond motifs is 1. The van der Waals surface area contributed by atoms with Crippen LogP contribution in [0.5, 0.6) is 0 Å². The highest BCUT2D eigenvalue weighted by atomic mass is 19.4. The van der Waals surface area contributed by atoms with E-state index in [1.54, 1.807) is 0 Å². The molecular weight excluding hydrogens is 263 g/mol. The zero-order valence-corrected chi connectivity index (χ0v) is 10.1. The van der Waals surface area contributed by atoms with Crippen LogP contribution >= 0.6 is 0 Å². The summed E-state index contributed by atoms with van der Waals surface area (Å²) in [7, 11) is 0. The number of alkyl halides is 3. The lowest BCUT2D eigenvalue weighted by molar-refractivity contribution is -0.148. The van der Waals surface area contributed by atoms with Crippen LogP contribution in [0.4, 0.5) is 13.2 Å². The summed E-state index contributed by atoms with van der Waals surface area (Å²) in [5.74, 6) is -0.634. The van der Waals surface area contributed by atoms with Crippen LogP contribution in [0.25, 0.3) is 0 Å². The fourth-order valence-electron chi connectivity index (χ4n) is 2.69. The van der Waals surface area contributed by atoms with Gasteiger partial charge in [0.1, 0.15) is 5.82 Å². The predicted octanol–water partition coefficient (Wildman–Crippen LogP) is -0.555. The Morgan fingerprint density at radius 2 is 2.00 bits per heavy atom. The molecule has 0 aromatic carbocycles. The number of aliphatic hydroxyl groups is 1. The van der Waals surface area contributed by atoms with E-state index in [2.05, 4.69) is 15.5 Å². The molecule has 2 unspecified atom stereocenters. The lowest BCUT2D eigenvalue weighted by Crippen LogP contribution is -2.47. The minimum Gasteiger partial charge on any atom is -0.390 e. The third kappa shape index (κ3) is 2.21. The molecule has 1 fully saturated rings. The largest absolute Gasteiger partial charge is 0.451 e. The van der Waals surface area contributed by atoms with E-state index < -0.39 is 18.1 Å². The maximum Gasteiger partial charge on any atom is 0.451 e. The topological polar surface area (TPSA) is 66.2 Å². The van der Waals surface area contributed by atoms with Crippen molar-refractivity contribution in [1.29, 1.82) is 0 Å². The molecule has 2 aliphatic rings. The fourth-order valence-corrected chi connectivity index (χ4v) is 2.69. The van der Waals surface area contributed by atoms with E-state index in [-0.39, 0.29) is 19.1 Å². The first-order valence-corrected chi connectivity index (χ1v) is 6.09. The van der Waals surface area contributed by atoms with Crippen LogP contribution in [0.1, 0.15) is 11.6 Å². The number of halogens is 3. The Balaban J connectivity index is 1.80. The molecule has 3 rings (SSSR count). The molecule has 9 heteroatoms. The number of nitrogens with zero attached hydrogens (tertiary/aromatic N) is 4. The van der Waals surface area contributed by atoms with Gasteiger partial charge in [-0.25, -0.2) is 0 Å². The maximum absolute atomic E-state index is 12.7. The summed E-state index contributed by atoms with van der Waals surface area (Å²) in [4.78, 5) is 1.95. The molecule has 3 heterocycles. The Hall–Kier alpha value is -1.19. The fraction of sp³-hybridized carbons (Fsp3) is 0.800. The van der Waals surface area contributed by atoms with Crippen LogP contribution < -0.4 is 5.32 Å². The van der Waals surface area contributed by atoms with Gasteiger partial charge in [0.2, 0.25) is 5.82 Å². The number of aromatic nitrogens is 3. The summed E-state index contributed by atoms with van der Waals surface area (Å²) >= 11 is 0. The van der Waals surface area contributed by atoms with Crippen molar-refractivity contribution in [3.8, 4) is 0 Å². The van der Waals surface area contributed by atoms with E-state index in [9.17, 15) is 18.3 Å². The SMILES string of the molecule is OC1CNCC1N1CCn2c(nnc2C(F)(F)F)C1. The van der Waals surface area contributed by atoms with Crippen LogP contribution in [-0.2, 0) is 19.3 Å². The van der Waals surface area contributed by atoms with Gasteiger partial charge in [-0.1, -0.05) is 0 Å². The van der Waals surface area contributed by atoms with Gasteiger partial charge in [0.25, 0.3) is 0 Å². The van der Waals surface area contributed by atoms with Gasteiger partial charge in [0.15, 0.2) is 0 Å². The second-order valence-electron chi connectivity index (χ2n) is 4.85. The monoisotopic (exact) mass is 277 g/mol. The number of hydrogen-bond donors (Lipinski definition) is 2. The quantitative estimate of drug-likeness (QED) is 0.721. The Morgan fingerprint density at radius 3 is 2.63 bits per heavy atom. The van der Waals surface area contributed by atoms with Crippen LogP contribution in [-0.4, -0.2) is 56.6 Å². The highest BCUT2D eigenvalue weighted by Crippen LogP contribution is 2.30. The van der Waals surface area contributed by atoms with Gasteiger partial charge < -0.3 is 15.0 Å². The Labute approximate surface area is 107 Å². The molecular formula is C10H14F3N5O. The second-order valence-corrected chi connectivity index (χ2v) is 4.85. The average molecular weight is 277 g/mol. The minimum absolute atomic E-state index is 0.0696. The van der Waals surface area contributed by atoms with Gasteiger partial charge in [-0.3, -0.25) is 4.90 Å². The summed E-state index contributed by atoms with van der Waals surface area (Å²) in [6.45, 7) is 2.09.